The molecule has 5 heteroatoms. The van der Waals surface area contributed by atoms with Crippen LogP contribution in [0.15, 0.2) is 30.6 Å². The van der Waals surface area contributed by atoms with Gasteiger partial charge in [-0.2, -0.15) is 5.10 Å². The summed E-state index contributed by atoms with van der Waals surface area (Å²) in [7, 11) is 2.00. The highest BCUT2D eigenvalue weighted by Gasteiger charge is 2.41. The van der Waals surface area contributed by atoms with E-state index in [4.69, 9.17) is 0 Å². The smallest absolute Gasteiger partial charge is 0.0547 e. The zero-order chi connectivity index (χ0) is 17.3. The largest absolute Gasteiger partial charge is 0.298 e. The molecule has 4 rings (SSSR count). The quantitative estimate of drug-likeness (QED) is 0.858. The van der Waals surface area contributed by atoms with Gasteiger partial charge in [-0.1, -0.05) is 6.07 Å². The third kappa shape index (κ3) is 3.93. The Hall–Kier alpha value is -1.72. The van der Waals surface area contributed by atoms with Crippen molar-refractivity contribution in [1.29, 1.82) is 0 Å². The van der Waals surface area contributed by atoms with Crippen molar-refractivity contribution >= 4 is 0 Å². The first-order valence-corrected chi connectivity index (χ1v) is 9.45. The van der Waals surface area contributed by atoms with Crippen LogP contribution in [-0.4, -0.2) is 50.7 Å². The summed E-state index contributed by atoms with van der Waals surface area (Å²) >= 11 is 0. The summed E-state index contributed by atoms with van der Waals surface area (Å²) in [6.07, 6.45) is 8.16. The molecule has 5 nitrogen and oxygen atoms in total. The summed E-state index contributed by atoms with van der Waals surface area (Å²) in [5.41, 5.74) is 4.13. The van der Waals surface area contributed by atoms with E-state index in [1.54, 1.807) is 0 Å². The van der Waals surface area contributed by atoms with Crippen molar-refractivity contribution in [3.8, 4) is 0 Å². The molecule has 0 saturated carbocycles. The predicted molar refractivity (Wildman–Crippen MR) is 99.0 cm³/mol. The summed E-state index contributed by atoms with van der Waals surface area (Å²) in [6, 6.07) is 6.36. The van der Waals surface area contributed by atoms with Gasteiger partial charge in [0.05, 0.1) is 11.9 Å². The molecule has 1 atom stereocenters. The summed E-state index contributed by atoms with van der Waals surface area (Å²) in [4.78, 5) is 9.92. The maximum atomic E-state index is 4.68. The maximum absolute atomic E-state index is 4.68. The lowest BCUT2D eigenvalue weighted by molar-refractivity contribution is 0.0865. The lowest BCUT2D eigenvalue weighted by atomic mass is 9.79. The van der Waals surface area contributed by atoms with Crippen LogP contribution in [-0.2, 0) is 20.1 Å². The molecular formula is C20H29N5. The van der Waals surface area contributed by atoms with Crippen LogP contribution in [0, 0.1) is 12.3 Å². The Morgan fingerprint density at radius 3 is 2.68 bits per heavy atom. The van der Waals surface area contributed by atoms with E-state index >= 15 is 0 Å². The van der Waals surface area contributed by atoms with Gasteiger partial charge < -0.3 is 0 Å². The maximum Gasteiger partial charge on any atom is 0.0547 e. The van der Waals surface area contributed by atoms with Crippen LogP contribution in [0.3, 0.4) is 0 Å². The standard InChI is InChI=1S/C20H29N5/c1-17-5-3-6-19(22-17)14-25-10-8-20(16-25)7-4-9-24(15-20)13-18-11-21-23(2)12-18/h3,5-6,11-12H,4,7-10,13-16H2,1-2H3/t20-/m0/s1. The van der Waals surface area contributed by atoms with E-state index in [1.807, 2.05) is 17.9 Å². The van der Waals surface area contributed by atoms with E-state index in [-0.39, 0.29) is 0 Å². The molecule has 4 heterocycles. The number of pyridine rings is 1. The highest BCUT2D eigenvalue weighted by Crippen LogP contribution is 2.39. The third-order valence-corrected chi connectivity index (χ3v) is 5.75. The molecule has 0 amide bonds. The second kappa shape index (κ2) is 6.89. The van der Waals surface area contributed by atoms with Crippen LogP contribution in [0.5, 0.6) is 0 Å². The third-order valence-electron chi connectivity index (χ3n) is 5.75. The van der Waals surface area contributed by atoms with Crippen molar-refractivity contribution in [1.82, 2.24) is 24.6 Å². The van der Waals surface area contributed by atoms with Gasteiger partial charge in [-0.15, -0.1) is 0 Å². The molecule has 0 bridgehead atoms. The minimum absolute atomic E-state index is 0.476. The molecule has 0 radical (unpaired) electrons. The minimum atomic E-state index is 0.476. The Balaban J connectivity index is 1.37. The lowest BCUT2D eigenvalue weighted by Crippen LogP contribution is -2.44. The number of likely N-dealkylation sites (tertiary alicyclic amines) is 2. The molecule has 2 fully saturated rings. The molecule has 1 spiro atoms. The highest BCUT2D eigenvalue weighted by atomic mass is 15.2. The summed E-state index contributed by atoms with van der Waals surface area (Å²) < 4.78 is 1.90. The first-order chi connectivity index (χ1) is 12.1. The molecule has 0 N–H and O–H groups in total. The molecule has 0 unspecified atom stereocenters. The van der Waals surface area contributed by atoms with E-state index in [2.05, 4.69) is 51.2 Å². The van der Waals surface area contributed by atoms with Crippen LogP contribution >= 0.6 is 0 Å². The second-order valence-corrected chi connectivity index (χ2v) is 8.07. The van der Waals surface area contributed by atoms with Gasteiger partial charge in [0, 0.05) is 50.7 Å². The summed E-state index contributed by atoms with van der Waals surface area (Å²) in [5, 5.41) is 4.31. The molecule has 2 aliphatic rings. The number of hydrogen-bond acceptors (Lipinski definition) is 4. The van der Waals surface area contributed by atoms with Crippen LogP contribution in [0.2, 0.25) is 0 Å². The monoisotopic (exact) mass is 339 g/mol. The molecule has 0 aromatic carbocycles. The van der Waals surface area contributed by atoms with Gasteiger partial charge >= 0.3 is 0 Å². The van der Waals surface area contributed by atoms with Crippen molar-refractivity contribution in [3.63, 3.8) is 0 Å². The van der Waals surface area contributed by atoms with E-state index in [0.717, 1.165) is 18.8 Å². The Kier molecular flexibility index (Phi) is 4.61. The Morgan fingerprint density at radius 1 is 1.08 bits per heavy atom. The molecule has 2 aromatic heterocycles. The van der Waals surface area contributed by atoms with Gasteiger partial charge in [0.1, 0.15) is 0 Å². The number of nitrogens with zero attached hydrogens (tertiary/aromatic N) is 5. The van der Waals surface area contributed by atoms with Gasteiger partial charge in [-0.25, -0.2) is 0 Å². The first kappa shape index (κ1) is 16.7. The van der Waals surface area contributed by atoms with Gasteiger partial charge in [0.2, 0.25) is 0 Å². The number of aromatic nitrogens is 3. The SMILES string of the molecule is Cc1cccc(CN2CC[C@]3(CCCN(Cc4cnn(C)c4)C3)C2)n1. The fraction of sp³-hybridized carbons (Fsp3) is 0.600. The van der Waals surface area contributed by atoms with E-state index in [0.29, 0.717) is 5.41 Å². The van der Waals surface area contributed by atoms with Crippen LogP contribution in [0.1, 0.15) is 36.2 Å². The van der Waals surface area contributed by atoms with Crippen molar-refractivity contribution in [2.75, 3.05) is 26.2 Å². The highest BCUT2D eigenvalue weighted by molar-refractivity contribution is 5.10. The van der Waals surface area contributed by atoms with E-state index in [1.165, 1.54) is 56.7 Å². The van der Waals surface area contributed by atoms with Crippen molar-refractivity contribution in [3.05, 3.63) is 47.5 Å². The molecule has 2 aliphatic heterocycles. The van der Waals surface area contributed by atoms with Gasteiger partial charge in [-0.05, 0) is 56.8 Å². The molecule has 25 heavy (non-hydrogen) atoms. The van der Waals surface area contributed by atoms with Gasteiger partial charge in [-0.3, -0.25) is 19.5 Å². The number of aryl methyl sites for hydroxylation is 2. The molecule has 2 aromatic rings. The molecule has 134 valence electrons. The van der Waals surface area contributed by atoms with E-state index in [9.17, 15) is 0 Å². The molecular weight excluding hydrogens is 310 g/mol. The van der Waals surface area contributed by atoms with Crippen molar-refractivity contribution in [2.45, 2.75) is 39.3 Å². The Labute approximate surface area is 150 Å². The van der Waals surface area contributed by atoms with Gasteiger partial charge in [0.15, 0.2) is 0 Å². The topological polar surface area (TPSA) is 37.2 Å². The Morgan fingerprint density at radius 2 is 1.92 bits per heavy atom. The van der Waals surface area contributed by atoms with Crippen LogP contribution in [0.4, 0.5) is 0 Å². The summed E-state index contributed by atoms with van der Waals surface area (Å²) in [6.45, 7) is 8.96. The second-order valence-electron chi connectivity index (χ2n) is 8.07. The zero-order valence-electron chi connectivity index (χ0n) is 15.5. The van der Waals surface area contributed by atoms with Crippen LogP contribution < -0.4 is 0 Å². The first-order valence-electron chi connectivity index (χ1n) is 9.45. The summed E-state index contributed by atoms with van der Waals surface area (Å²) in [5.74, 6) is 0. The number of piperidine rings is 1. The number of hydrogen-bond donors (Lipinski definition) is 0. The normalized spacial score (nSPS) is 25.0. The predicted octanol–water partition coefficient (Wildman–Crippen LogP) is 2.61. The Bertz CT molecular complexity index is 724. The van der Waals surface area contributed by atoms with Crippen LogP contribution in [0.25, 0.3) is 0 Å². The lowest BCUT2D eigenvalue weighted by Gasteiger charge is -2.40. The molecule has 0 aliphatic carbocycles. The fourth-order valence-corrected chi connectivity index (χ4v) is 4.67. The minimum Gasteiger partial charge on any atom is -0.298 e. The van der Waals surface area contributed by atoms with Gasteiger partial charge in [0.25, 0.3) is 0 Å². The van der Waals surface area contributed by atoms with Crippen molar-refractivity contribution < 1.29 is 0 Å². The van der Waals surface area contributed by atoms with Crippen molar-refractivity contribution in [2.24, 2.45) is 12.5 Å². The zero-order valence-corrected chi connectivity index (χ0v) is 15.5. The number of rotatable bonds is 4. The average molecular weight is 339 g/mol. The average Bonchev–Trinajstić information content (AvgIpc) is 3.14. The van der Waals surface area contributed by atoms with E-state index < -0.39 is 0 Å². The fourth-order valence-electron chi connectivity index (χ4n) is 4.67. The molecule has 2 saturated heterocycles.